The lowest BCUT2D eigenvalue weighted by atomic mass is 10.2. The first-order valence-electron chi connectivity index (χ1n) is 7.59. The van der Waals surface area contributed by atoms with Crippen LogP contribution in [0.5, 0.6) is 0 Å². The van der Waals surface area contributed by atoms with Crippen molar-refractivity contribution in [2.24, 2.45) is 0 Å². The number of hydrogen-bond acceptors (Lipinski definition) is 5. The fourth-order valence-corrected chi connectivity index (χ4v) is 3.38. The molecule has 132 valence electrons. The second-order valence-electron chi connectivity index (χ2n) is 5.71. The maximum absolute atomic E-state index is 12.6. The lowest BCUT2D eigenvalue weighted by Gasteiger charge is -2.33. The molecule has 0 radical (unpaired) electrons. The van der Waals surface area contributed by atoms with Gasteiger partial charge in [-0.1, -0.05) is 23.2 Å². The molecule has 1 aromatic heterocycles. The molecule has 0 unspecified atom stereocenters. The number of benzene rings is 1. The Morgan fingerprint density at radius 2 is 2.08 bits per heavy atom. The first kappa shape index (κ1) is 17.7. The van der Waals surface area contributed by atoms with E-state index in [1.165, 1.54) is 16.8 Å². The summed E-state index contributed by atoms with van der Waals surface area (Å²) in [4.78, 5) is 24.7. The van der Waals surface area contributed by atoms with Gasteiger partial charge < -0.3 is 10.2 Å². The molecule has 1 aliphatic rings. The summed E-state index contributed by atoms with van der Waals surface area (Å²) in [5.41, 5.74) is 0.345. The van der Waals surface area contributed by atoms with E-state index in [0.29, 0.717) is 12.2 Å². The van der Waals surface area contributed by atoms with E-state index in [-0.39, 0.29) is 33.4 Å². The number of halogens is 2. The summed E-state index contributed by atoms with van der Waals surface area (Å²) in [7, 11) is 0. The van der Waals surface area contributed by atoms with Crippen LogP contribution in [-0.2, 0) is 0 Å². The van der Waals surface area contributed by atoms with E-state index in [4.69, 9.17) is 23.2 Å². The van der Waals surface area contributed by atoms with Crippen LogP contribution in [0.3, 0.4) is 0 Å². The van der Waals surface area contributed by atoms with E-state index in [2.05, 4.69) is 10.4 Å². The Balaban J connectivity index is 1.91. The van der Waals surface area contributed by atoms with Crippen molar-refractivity contribution in [1.82, 2.24) is 20.0 Å². The van der Waals surface area contributed by atoms with Gasteiger partial charge in [-0.3, -0.25) is 14.9 Å². The summed E-state index contributed by atoms with van der Waals surface area (Å²) in [5, 5.41) is 18.5. The van der Waals surface area contributed by atoms with Crippen molar-refractivity contribution >= 4 is 34.8 Å². The second-order valence-corrected chi connectivity index (χ2v) is 6.53. The number of nitro benzene ring substituents is 1. The van der Waals surface area contributed by atoms with Gasteiger partial charge in [-0.05, 0) is 13.0 Å². The molecular formula is C15H15Cl2N5O3. The molecule has 2 heterocycles. The van der Waals surface area contributed by atoms with Crippen molar-refractivity contribution in [3.05, 3.63) is 50.2 Å². The number of carbonyl (C=O) groups is 1. The number of nitrogens with one attached hydrogen (secondary N) is 1. The summed E-state index contributed by atoms with van der Waals surface area (Å²) < 4.78 is 1.36. The molecule has 0 aliphatic carbocycles. The van der Waals surface area contributed by atoms with Crippen LogP contribution in [0, 0.1) is 10.1 Å². The van der Waals surface area contributed by atoms with E-state index >= 15 is 0 Å². The first-order chi connectivity index (χ1) is 11.9. The molecule has 1 aliphatic heterocycles. The van der Waals surface area contributed by atoms with E-state index in [1.807, 2.05) is 6.92 Å². The molecule has 10 heteroatoms. The molecule has 0 saturated carbocycles. The maximum Gasteiger partial charge on any atom is 0.274 e. The molecule has 1 fully saturated rings. The van der Waals surface area contributed by atoms with Crippen molar-refractivity contribution in [1.29, 1.82) is 0 Å². The van der Waals surface area contributed by atoms with Gasteiger partial charge in [0, 0.05) is 44.0 Å². The highest BCUT2D eigenvalue weighted by molar-refractivity contribution is 6.38. The Morgan fingerprint density at radius 3 is 2.68 bits per heavy atom. The number of non-ortho nitro benzene ring substituents is 1. The van der Waals surface area contributed by atoms with Crippen molar-refractivity contribution in [3.8, 4) is 5.69 Å². The summed E-state index contributed by atoms with van der Waals surface area (Å²) in [5.74, 6) is -0.179. The molecule has 3 rings (SSSR count). The van der Waals surface area contributed by atoms with E-state index in [1.54, 1.807) is 17.2 Å². The molecule has 1 saturated heterocycles. The predicted octanol–water partition coefficient (Wildman–Crippen LogP) is 2.52. The average Bonchev–Trinajstić information content (AvgIpc) is 3.03. The van der Waals surface area contributed by atoms with E-state index in [0.717, 1.165) is 13.1 Å². The van der Waals surface area contributed by atoms with Gasteiger partial charge in [-0.25, -0.2) is 4.68 Å². The third-order valence-corrected chi connectivity index (χ3v) is 4.59. The van der Waals surface area contributed by atoms with Gasteiger partial charge in [0.25, 0.3) is 11.6 Å². The zero-order valence-corrected chi connectivity index (χ0v) is 14.8. The highest BCUT2D eigenvalue weighted by Crippen LogP contribution is 2.33. The SMILES string of the molecule is C[C@@H]1CNCCN1C(=O)c1ccn(-c2c(Cl)cc([N+](=O)[O-])cc2Cl)n1. The van der Waals surface area contributed by atoms with Crippen LogP contribution >= 0.6 is 23.2 Å². The van der Waals surface area contributed by atoms with Gasteiger partial charge in [0.05, 0.1) is 15.0 Å². The van der Waals surface area contributed by atoms with E-state index < -0.39 is 4.92 Å². The highest BCUT2D eigenvalue weighted by atomic mass is 35.5. The normalized spacial score (nSPS) is 17.6. The van der Waals surface area contributed by atoms with Gasteiger partial charge in [-0.2, -0.15) is 5.10 Å². The summed E-state index contributed by atoms with van der Waals surface area (Å²) in [6, 6.07) is 4.04. The summed E-state index contributed by atoms with van der Waals surface area (Å²) in [6.07, 6.45) is 1.55. The molecular weight excluding hydrogens is 369 g/mol. The monoisotopic (exact) mass is 383 g/mol. The lowest BCUT2D eigenvalue weighted by Crippen LogP contribution is -2.52. The standard InChI is InChI=1S/C15H15Cl2N5O3/c1-9-8-18-3-5-20(9)15(23)13-2-4-21(19-13)14-11(16)6-10(22(24)25)7-12(14)17/h2,4,6-7,9,18H,3,5,8H2,1H3/t9-/m1/s1. The maximum atomic E-state index is 12.6. The zero-order chi connectivity index (χ0) is 18.1. The summed E-state index contributed by atoms with van der Waals surface area (Å²) in [6.45, 7) is 4.03. The van der Waals surface area contributed by atoms with Crippen molar-refractivity contribution < 1.29 is 9.72 Å². The zero-order valence-electron chi connectivity index (χ0n) is 13.3. The average molecular weight is 384 g/mol. The van der Waals surface area contributed by atoms with Crippen LogP contribution in [0.15, 0.2) is 24.4 Å². The molecule has 1 amide bonds. The molecule has 0 spiro atoms. The van der Waals surface area contributed by atoms with Crippen LogP contribution in [-0.4, -0.2) is 51.2 Å². The van der Waals surface area contributed by atoms with E-state index in [9.17, 15) is 14.9 Å². The van der Waals surface area contributed by atoms with Crippen molar-refractivity contribution in [2.45, 2.75) is 13.0 Å². The molecule has 1 aromatic carbocycles. The van der Waals surface area contributed by atoms with Crippen LogP contribution in [0.1, 0.15) is 17.4 Å². The minimum absolute atomic E-state index is 0.0675. The smallest absolute Gasteiger partial charge is 0.274 e. The largest absolute Gasteiger partial charge is 0.332 e. The topological polar surface area (TPSA) is 93.3 Å². The molecule has 1 atom stereocenters. The van der Waals surface area contributed by atoms with Crippen molar-refractivity contribution in [2.75, 3.05) is 19.6 Å². The molecule has 2 aromatic rings. The molecule has 25 heavy (non-hydrogen) atoms. The fraction of sp³-hybridized carbons (Fsp3) is 0.333. The molecule has 8 nitrogen and oxygen atoms in total. The van der Waals surface area contributed by atoms with Gasteiger partial charge in [0.15, 0.2) is 5.69 Å². The number of rotatable bonds is 3. The van der Waals surface area contributed by atoms with Crippen LogP contribution in [0.25, 0.3) is 5.69 Å². The third kappa shape index (κ3) is 3.46. The Hall–Kier alpha value is -2.16. The number of carbonyl (C=O) groups excluding carboxylic acids is 1. The van der Waals surface area contributed by atoms with Gasteiger partial charge >= 0.3 is 0 Å². The number of aromatic nitrogens is 2. The summed E-state index contributed by atoms with van der Waals surface area (Å²) >= 11 is 12.2. The number of nitrogens with zero attached hydrogens (tertiary/aromatic N) is 4. The fourth-order valence-electron chi connectivity index (χ4n) is 2.73. The quantitative estimate of drug-likeness (QED) is 0.649. The van der Waals surface area contributed by atoms with Crippen LogP contribution < -0.4 is 5.32 Å². The third-order valence-electron chi connectivity index (χ3n) is 4.01. The van der Waals surface area contributed by atoms with Gasteiger partial charge in [0.2, 0.25) is 0 Å². The highest BCUT2D eigenvalue weighted by Gasteiger charge is 2.26. The van der Waals surface area contributed by atoms with Gasteiger partial charge in [0.1, 0.15) is 5.69 Å². The number of nitro groups is 1. The lowest BCUT2D eigenvalue weighted by molar-refractivity contribution is -0.384. The Bertz CT molecular complexity index is 815. The first-order valence-corrected chi connectivity index (χ1v) is 8.35. The number of piperazine rings is 1. The Labute approximate surface area is 153 Å². The molecule has 0 bridgehead atoms. The van der Waals surface area contributed by atoms with Crippen LogP contribution in [0.2, 0.25) is 10.0 Å². The Morgan fingerprint density at radius 1 is 1.40 bits per heavy atom. The van der Waals surface area contributed by atoms with Crippen LogP contribution in [0.4, 0.5) is 5.69 Å². The predicted molar refractivity (Wildman–Crippen MR) is 93.6 cm³/mol. The minimum atomic E-state index is -0.578. The minimum Gasteiger partial charge on any atom is -0.332 e. The van der Waals surface area contributed by atoms with Gasteiger partial charge in [-0.15, -0.1) is 0 Å². The second kappa shape index (κ2) is 6.99. The molecule has 1 N–H and O–H groups in total. The number of hydrogen-bond donors (Lipinski definition) is 1. The Kier molecular flexibility index (Phi) is 4.94. The van der Waals surface area contributed by atoms with Crippen molar-refractivity contribution in [3.63, 3.8) is 0 Å². The number of amides is 1.